The van der Waals surface area contributed by atoms with Crippen LogP contribution in [0.3, 0.4) is 0 Å². The first-order valence-electron chi connectivity index (χ1n) is 6.53. The molecule has 21 heavy (non-hydrogen) atoms. The van der Waals surface area contributed by atoms with Crippen molar-refractivity contribution in [1.82, 2.24) is 15.3 Å². The highest BCUT2D eigenvalue weighted by molar-refractivity contribution is 6.42. The second kappa shape index (κ2) is 7.38. The highest BCUT2D eigenvalue weighted by Crippen LogP contribution is 2.22. The molecule has 0 saturated carbocycles. The number of aromatic nitrogens is 2. The topological polar surface area (TPSA) is 54.9 Å². The van der Waals surface area contributed by atoms with Crippen molar-refractivity contribution >= 4 is 29.1 Å². The number of hydrogen-bond acceptors (Lipinski definition) is 3. The number of hydrogen-bond donors (Lipinski definition) is 1. The number of carbonyl (C=O) groups excluding carboxylic acids is 1. The molecule has 110 valence electrons. The van der Waals surface area contributed by atoms with E-state index in [-0.39, 0.29) is 18.4 Å². The van der Waals surface area contributed by atoms with Gasteiger partial charge in [0.2, 0.25) is 5.91 Å². The summed E-state index contributed by atoms with van der Waals surface area (Å²) in [6.45, 7) is 1.93. The number of halogens is 2. The molecule has 0 aliphatic heterocycles. The summed E-state index contributed by atoms with van der Waals surface area (Å²) in [4.78, 5) is 20.2. The fourth-order valence-corrected chi connectivity index (χ4v) is 2.28. The Morgan fingerprint density at radius 2 is 2.10 bits per heavy atom. The first-order valence-corrected chi connectivity index (χ1v) is 7.28. The van der Waals surface area contributed by atoms with Gasteiger partial charge in [-0.25, -0.2) is 0 Å². The van der Waals surface area contributed by atoms with E-state index >= 15 is 0 Å². The fourth-order valence-electron chi connectivity index (χ4n) is 1.96. The smallest absolute Gasteiger partial charge is 0.224 e. The molecule has 1 atom stereocenters. The monoisotopic (exact) mass is 323 g/mol. The average Bonchev–Trinajstić information content (AvgIpc) is 2.43. The van der Waals surface area contributed by atoms with Crippen molar-refractivity contribution in [3.05, 3.63) is 58.1 Å². The molecule has 1 aromatic carbocycles. The third kappa shape index (κ3) is 4.99. The molecule has 0 fully saturated rings. The van der Waals surface area contributed by atoms with Crippen LogP contribution in [0.4, 0.5) is 0 Å². The van der Waals surface area contributed by atoms with Crippen LogP contribution < -0.4 is 5.32 Å². The van der Waals surface area contributed by atoms with Gasteiger partial charge in [-0.05, 0) is 24.6 Å². The number of amides is 1. The average molecular weight is 324 g/mol. The van der Waals surface area contributed by atoms with Crippen molar-refractivity contribution in [2.75, 3.05) is 0 Å². The molecule has 0 aliphatic rings. The molecule has 0 aliphatic carbocycles. The van der Waals surface area contributed by atoms with Crippen molar-refractivity contribution in [1.29, 1.82) is 0 Å². The van der Waals surface area contributed by atoms with E-state index in [9.17, 15) is 4.79 Å². The van der Waals surface area contributed by atoms with Gasteiger partial charge in [0.05, 0.1) is 22.2 Å². The first-order chi connectivity index (χ1) is 10.0. The highest BCUT2D eigenvalue weighted by Gasteiger charge is 2.10. The van der Waals surface area contributed by atoms with Gasteiger partial charge in [0.1, 0.15) is 0 Å². The van der Waals surface area contributed by atoms with Gasteiger partial charge in [-0.15, -0.1) is 0 Å². The second-order valence-electron chi connectivity index (χ2n) is 4.79. The van der Waals surface area contributed by atoms with E-state index in [2.05, 4.69) is 15.3 Å². The zero-order chi connectivity index (χ0) is 15.2. The van der Waals surface area contributed by atoms with Gasteiger partial charge < -0.3 is 5.32 Å². The molecule has 2 aromatic rings. The Bertz CT molecular complexity index is 620. The highest BCUT2D eigenvalue weighted by atomic mass is 35.5. The van der Waals surface area contributed by atoms with Crippen LogP contribution in [0.5, 0.6) is 0 Å². The molecule has 1 aromatic heterocycles. The van der Waals surface area contributed by atoms with Gasteiger partial charge in [0, 0.05) is 31.1 Å². The molecule has 4 nitrogen and oxygen atoms in total. The maximum Gasteiger partial charge on any atom is 0.224 e. The van der Waals surface area contributed by atoms with Crippen molar-refractivity contribution in [3.63, 3.8) is 0 Å². The molecule has 2 rings (SSSR count). The molecule has 1 amide bonds. The van der Waals surface area contributed by atoms with Crippen molar-refractivity contribution in [2.24, 2.45) is 0 Å². The van der Waals surface area contributed by atoms with Gasteiger partial charge in [0.15, 0.2) is 0 Å². The van der Waals surface area contributed by atoms with Gasteiger partial charge in [-0.3, -0.25) is 14.8 Å². The number of carbonyl (C=O) groups is 1. The third-order valence-corrected chi connectivity index (χ3v) is 3.63. The summed E-state index contributed by atoms with van der Waals surface area (Å²) in [5, 5.41) is 3.86. The van der Waals surface area contributed by atoms with E-state index in [0.717, 1.165) is 11.3 Å². The van der Waals surface area contributed by atoms with E-state index in [1.807, 2.05) is 6.92 Å². The van der Waals surface area contributed by atoms with Crippen molar-refractivity contribution < 1.29 is 4.79 Å². The van der Waals surface area contributed by atoms with E-state index < -0.39 is 0 Å². The summed E-state index contributed by atoms with van der Waals surface area (Å²) in [7, 11) is 0. The molecule has 0 bridgehead atoms. The molecule has 0 radical (unpaired) electrons. The summed E-state index contributed by atoms with van der Waals surface area (Å²) in [5.74, 6) is -0.0650. The maximum atomic E-state index is 12.0. The summed E-state index contributed by atoms with van der Waals surface area (Å²) in [6, 6.07) is 5.17. The quantitative estimate of drug-likeness (QED) is 0.920. The van der Waals surface area contributed by atoms with Gasteiger partial charge in [-0.1, -0.05) is 29.3 Å². The van der Waals surface area contributed by atoms with E-state index in [1.54, 1.807) is 36.8 Å². The minimum absolute atomic E-state index is 0.0167. The molecular formula is C15H15Cl2N3O. The first kappa shape index (κ1) is 15.7. The lowest BCUT2D eigenvalue weighted by Gasteiger charge is -2.13. The Morgan fingerprint density at radius 3 is 2.76 bits per heavy atom. The zero-order valence-electron chi connectivity index (χ0n) is 11.5. The Hall–Kier alpha value is -1.65. The van der Waals surface area contributed by atoms with Crippen LogP contribution in [0.25, 0.3) is 0 Å². The number of nitrogens with zero attached hydrogens (tertiary/aromatic N) is 2. The maximum absolute atomic E-state index is 12.0. The summed E-state index contributed by atoms with van der Waals surface area (Å²) in [6.07, 6.45) is 5.86. The van der Waals surface area contributed by atoms with Gasteiger partial charge >= 0.3 is 0 Å². The van der Waals surface area contributed by atoms with Crippen LogP contribution in [-0.4, -0.2) is 21.9 Å². The zero-order valence-corrected chi connectivity index (χ0v) is 13.0. The summed E-state index contributed by atoms with van der Waals surface area (Å²) < 4.78 is 0. The van der Waals surface area contributed by atoms with Gasteiger partial charge in [0.25, 0.3) is 0 Å². The normalized spacial score (nSPS) is 12.0. The Kier molecular flexibility index (Phi) is 5.53. The molecule has 0 saturated heterocycles. The lowest BCUT2D eigenvalue weighted by atomic mass is 10.1. The predicted octanol–water partition coefficient (Wildman–Crippen LogP) is 3.07. The molecule has 0 unspecified atom stereocenters. The van der Waals surface area contributed by atoms with Crippen molar-refractivity contribution in [3.8, 4) is 0 Å². The van der Waals surface area contributed by atoms with E-state index in [4.69, 9.17) is 23.2 Å². The van der Waals surface area contributed by atoms with Crippen LogP contribution in [0.1, 0.15) is 18.2 Å². The molecule has 1 heterocycles. The largest absolute Gasteiger partial charge is 0.353 e. The minimum Gasteiger partial charge on any atom is -0.353 e. The van der Waals surface area contributed by atoms with E-state index in [0.29, 0.717) is 16.5 Å². The van der Waals surface area contributed by atoms with Crippen LogP contribution in [0.2, 0.25) is 10.0 Å². The van der Waals surface area contributed by atoms with Crippen LogP contribution >= 0.6 is 23.2 Å². The van der Waals surface area contributed by atoms with E-state index in [1.165, 1.54) is 0 Å². The third-order valence-electron chi connectivity index (χ3n) is 2.89. The molecular weight excluding hydrogens is 309 g/mol. The standard InChI is InChI=1S/C15H15Cl2N3O/c1-10(6-12-9-18-4-5-19-12)20-15(21)8-11-2-3-13(16)14(17)7-11/h2-5,7,9-10H,6,8H2,1H3,(H,20,21)/t10-/m1/s1. The molecule has 0 spiro atoms. The molecule has 6 heteroatoms. The second-order valence-corrected chi connectivity index (χ2v) is 5.61. The van der Waals surface area contributed by atoms with Crippen molar-refractivity contribution in [2.45, 2.75) is 25.8 Å². The van der Waals surface area contributed by atoms with Crippen LogP contribution in [0.15, 0.2) is 36.8 Å². The lowest BCUT2D eigenvalue weighted by Crippen LogP contribution is -2.35. The fraction of sp³-hybridized carbons (Fsp3) is 0.267. The van der Waals surface area contributed by atoms with Crippen LogP contribution in [-0.2, 0) is 17.6 Å². The predicted molar refractivity (Wildman–Crippen MR) is 83.5 cm³/mol. The number of nitrogens with one attached hydrogen (secondary N) is 1. The SMILES string of the molecule is C[C@H](Cc1cnccn1)NC(=O)Cc1ccc(Cl)c(Cl)c1. The number of rotatable bonds is 5. The molecule has 1 N–H and O–H groups in total. The lowest BCUT2D eigenvalue weighted by molar-refractivity contribution is -0.121. The summed E-state index contributed by atoms with van der Waals surface area (Å²) in [5.41, 5.74) is 1.67. The van der Waals surface area contributed by atoms with Gasteiger partial charge in [-0.2, -0.15) is 0 Å². The minimum atomic E-state index is -0.0650. The summed E-state index contributed by atoms with van der Waals surface area (Å²) >= 11 is 11.8. The van der Waals surface area contributed by atoms with Crippen LogP contribution in [0, 0.1) is 0 Å². The Morgan fingerprint density at radius 1 is 1.29 bits per heavy atom. The Labute approximate surface area is 133 Å². The number of benzene rings is 1. The Balaban J connectivity index is 1.87.